The summed E-state index contributed by atoms with van der Waals surface area (Å²) < 4.78 is 0. The van der Waals surface area contributed by atoms with Gasteiger partial charge in [-0.05, 0) is 18.2 Å². The summed E-state index contributed by atoms with van der Waals surface area (Å²) in [6, 6.07) is 10.1. The quantitative estimate of drug-likeness (QED) is 0.291. The number of hydrogen-bond acceptors (Lipinski definition) is 6. The molecule has 0 saturated carbocycles. The van der Waals surface area contributed by atoms with Crippen LogP contribution in [-0.4, -0.2) is 32.4 Å². The van der Waals surface area contributed by atoms with E-state index in [1.165, 1.54) is 18.3 Å². The molecule has 1 amide bonds. The number of nitrogens with zero attached hydrogens (tertiary/aromatic N) is 4. The van der Waals surface area contributed by atoms with Gasteiger partial charge in [-0.2, -0.15) is 0 Å². The SMILES string of the molecule is Cl.O=C(N=Nc1c(O)[nH]c2ccccc12)c1ccc(/C=N/O)nc1. The van der Waals surface area contributed by atoms with Crippen LogP contribution in [0.15, 0.2) is 58.0 Å². The lowest BCUT2D eigenvalue weighted by Crippen LogP contribution is -1.96. The monoisotopic (exact) mass is 345 g/mol. The molecule has 0 bridgehead atoms. The number of aromatic amines is 1. The molecular formula is C15H12ClN5O3. The predicted octanol–water partition coefficient (Wildman–Crippen LogP) is 3.42. The van der Waals surface area contributed by atoms with Crippen LogP contribution in [0.4, 0.5) is 5.69 Å². The zero-order valence-electron chi connectivity index (χ0n) is 12.1. The number of rotatable bonds is 3. The summed E-state index contributed by atoms with van der Waals surface area (Å²) in [6.45, 7) is 0. The van der Waals surface area contributed by atoms with Gasteiger partial charge in [0.25, 0.3) is 5.91 Å². The Morgan fingerprint density at radius 2 is 2.00 bits per heavy atom. The Hall–Kier alpha value is -3.26. The van der Waals surface area contributed by atoms with Gasteiger partial charge >= 0.3 is 0 Å². The number of azo groups is 1. The molecule has 0 saturated heterocycles. The number of hydrogen-bond donors (Lipinski definition) is 3. The maximum absolute atomic E-state index is 12.0. The molecule has 0 unspecified atom stereocenters. The van der Waals surface area contributed by atoms with Crippen molar-refractivity contribution < 1.29 is 15.1 Å². The molecule has 0 spiro atoms. The molecule has 0 radical (unpaired) electrons. The molecule has 2 aromatic heterocycles. The van der Waals surface area contributed by atoms with Crippen LogP contribution in [0.3, 0.4) is 0 Å². The minimum absolute atomic E-state index is 0. The largest absolute Gasteiger partial charge is 0.493 e. The second-order valence-corrected chi connectivity index (χ2v) is 4.59. The molecule has 8 nitrogen and oxygen atoms in total. The number of carbonyl (C=O) groups is 1. The van der Waals surface area contributed by atoms with Crippen molar-refractivity contribution in [2.24, 2.45) is 15.4 Å². The van der Waals surface area contributed by atoms with Crippen molar-refractivity contribution in [1.29, 1.82) is 0 Å². The number of amides is 1. The average molecular weight is 346 g/mol. The highest BCUT2D eigenvalue weighted by Crippen LogP contribution is 2.35. The lowest BCUT2D eigenvalue weighted by atomic mass is 10.2. The first kappa shape index (κ1) is 17.1. The van der Waals surface area contributed by atoms with Crippen molar-refractivity contribution in [2.75, 3.05) is 0 Å². The minimum Gasteiger partial charge on any atom is -0.493 e. The zero-order valence-corrected chi connectivity index (χ0v) is 12.9. The Morgan fingerprint density at radius 3 is 2.71 bits per heavy atom. The fourth-order valence-electron chi connectivity index (χ4n) is 2.03. The summed E-state index contributed by atoms with van der Waals surface area (Å²) in [5.41, 5.74) is 1.52. The number of oxime groups is 1. The fourth-order valence-corrected chi connectivity index (χ4v) is 2.03. The molecule has 3 N–H and O–H groups in total. The van der Waals surface area contributed by atoms with Crippen molar-refractivity contribution in [3.8, 4) is 5.88 Å². The van der Waals surface area contributed by atoms with Crippen LogP contribution in [0.5, 0.6) is 5.88 Å². The third-order valence-corrected chi connectivity index (χ3v) is 3.12. The van der Waals surface area contributed by atoms with Crippen LogP contribution in [0.25, 0.3) is 10.9 Å². The van der Waals surface area contributed by atoms with Crippen LogP contribution in [0.1, 0.15) is 16.1 Å². The summed E-state index contributed by atoms with van der Waals surface area (Å²) in [5.74, 6) is -0.759. The van der Waals surface area contributed by atoms with Gasteiger partial charge in [0.05, 0.1) is 23.0 Å². The van der Waals surface area contributed by atoms with Gasteiger partial charge in [-0.25, -0.2) is 0 Å². The number of H-pyrrole nitrogens is 1. The van der Waals surface area contributed by atoms with Gasteiger partial charge in [-0.3, -0.25) is 9.78 Å². The molecule has 0 aliphatic heterocycles. The first-order chi connectivity index (χ1) is 11.2. The van der Waals surface area contributed by atoms with E-state index in [0.717, 1.165) is 6.21 Å². The normalized spacial score (nSPS) is 11.2. The Bertz CT molecular complexity index is 919. The van der Waals surface area contributed by atoms with E-state index < -0.39 is 5.91 Å². The van der Waals surface area contributed by atoms with Crippen LogP contribution in [0, 0.1) is 0 Å². The minimum atomic E-state index is -0.602. The molecule has 2 heterocycles. The maximum Gasteiger partial charge on any atom is 0.296 e. The Morgan fingerprint density at radius 1 is 1.21 bits per heavy atom. The van der Waals surface area contributed by atoms with Gasteiger partial charge in [0.1, 0.15) is 0 Å². The van der Waals surface area contributed by atoms with E-state index in [9.17, 15) is 9.90 Å². The summed E-state index contributed by atoms with van der Waals surface area (Å²) >= 11 is 0. The Labute approximate surface area is 142 Å². The number of fused-ring (bicyclic) bond motifs is 1. The molecule has 3 rings (SSSR count). The standard InChI is InChI=1S/C15H11N5O3.ClH/c21-14(9-5-6-10(8-17-23)16-7-9)20-19-13-11-3-1-2-4-12(11)18-15(13)22;/h1-8,18,22-23H;1H/b17-8+,20-19?;. The molecule has 9 heteroatoms. The second-order valence-electron chi connectivity index (χ2n) is 4.59. The van der Waals surface area contributed by atoms with Crippen molar-refractivity contribution in [3.05, 3.63) is 53.9 Å². The summed E-state index contributed by atoms with van der Waals surface area (Å²) in [4.78, 5) is 18.6. The lowest BCUT2D eigenvalue weighted by molar-refractivity contribution is 0.0994. The molecule has 3 aromatic rings. The van der Waals surface area contributed by atoms with E-state index in [4.69, 9.17) is 5.21 Å². The van der Waals surface area contributed by atoms with Crippen LogP contribution in [0.2, 0.25) is 0 Å². The van der Waals surface area contributed by atoms with Gasteiger partial charge in [0.15, 0.2) is 5.69 Å². The number of aromatic hydroxyl groups is 1. The summed E-state index contributed by atoms with van der Waals surface area (Å²) in [7, 11) is 0. The molecule has 122 valence electrons. The Kier molecular flexibility index (Phi) is 5.23. The number of benzene rings is 1. The predicted molar refractivity (Wildman–Crippen MR) is 89.7 cm³/mol. The third kappa shape index (κ3) is 3.39. The van der Waals surface area contributed by atoms with Gasteiger partial charge in [-0.1, -0.05) is 23.4 Å². The molecule has 0 atom stereocenters. The van der Waals surface area contributed by atoms with E-state index >= 15 is 0 Å². The Balaban J connectivity index is 0.00000208. The summed E-state index contributed by atoms with van der Waals surface area (Å²) in [5, 5.41) is 29.2. The van der Waals surface area contributed by atoms with Crippen molar-refractivity contribution in [2.45, 2.75) is 0 Å². The fraction of sp³-hybridized carbons (Fsp3) is 0. The van der Waals surface area contributed by atoms with Gasteiger partial charge < -0.3 is 15.3 Å². The number of carbonyl (C=O) groups excluding carboxylic acids is 1. The van der Waals surface area contributed by atoms with Crippen molar-refractivity contribution in [3.63, 3.8) is 0 Å². The first-order valence-corrected chi connectivity index (χ1v) is 6.58. The van der Waals surface area contributed by atoms with E-state index in [1.54, 1.807) is 18.2 Å². The molecule has 1 aromatic carbocycles. The van der Waals surface area contributed by atoms with Gasteiger partial charge in [0, 0.05) is 11.6 Å². The van der Waals surface area contributed by atoms with Crippen LogP contribution >= 0.6 is 12.4 Å². The number of para-hydroxylation sites is 1. The van der Waals surface area contributed by atoms with Crippen molar-refractivity contribution in [1.82, 2.24) is 9.97 Å². The highest BCUT2D eigenvalue weighted by molar-refractivity contribution is 5.97. The van der Waals surface area contributed by atoms with Crippen molar-refractivity contribution >= 4 is 41.1 Å². The molecule has 0 aliphatic carbocycles. The van der Waals surface area contributed by atoms with Crippen LogP contribution < -0.4 is 0 Å². The maximum atomic E-state index is 12.0. The number of nitrogens with one attached hydrogen (secondary N) is 1. The van der Waals surface area contributed by atoms with Gasteiger partial charge in [0.2, 0.25) is 5.88 Å². The van der Waals surface area contributed by atoms with E-state index in [2.05, 4.69) is 25.4 Å². The number of aromatic nitrogens is 2. The van der Waals surface area contributed by atoms with E-state index in [1.807, 2.05) is 6.07 Å². The smallest absolute Gasteiger partial charge is 0.296 e. The summed E-state index contributed by atoms with van der Waals surface area (Å²) in [6.07, 6.45) is 2.44. The average Bonchev–Trinajstić information content (AvgIpc) is 2.89. The zero-order chi connectivity index (χ0) is 16.2. The van der Waals surface area contributed by atoms with Gasteiger partial charge in [-0.15, -0.1) is 22.6 Å². The number of halogens is 1. The highest BCUT2D eigenvalue weighted by Gasteiger charge is 2.11. The second kappa shape index (κ2) is 7.34. The van der Waals surface area contributed by atoms with E-state index in [-0.39, 0.29) is 29.5 Å². The van der Waals surface area contributed by atoms with Crippen LogP contribution in [-0.2, 0) is 0 Å². The van der Waals surface area contributed by atoms with E-state index in [0.29, 0.717) is 16.6 Å². The first-order valence-electron chi connectivity index (χ1n) is 6.58. The topological polar surface area (TPSA) is 123 Å². The molecule has 0 aliphatic rings. The molecular weight excluding hydrogens is 334 g/mol. The molecule has 24 heavy (non-hydrogen) atoms. The molecule has 0 fully saturated rings. The third-order valence-electron chi connectivity index (χ3n) is 3.12. The highest BCUT2D eigenvalue weighted by atomic mass is 35.5. The number of pyridine rings is 1. The lowest BCUT2D eigenvalue weighted by Gasteiger charge is -1.95.